The Morgan fingerprint density at radius 2 is 1.96 bits per heavy atom. The topological polar surface area (TPSA) is 69.6 Å². The van der Waals surface area contributed by atoms with E-state index >= 15 is 0 Å². The van der Waals surface area contributed by atoms with Crippen molar-refractivity contribution in [3.8, 4) is 0 Å². The average Bonchev–Trinajstić information content (AvgIpc) is 3.10. The molecule has 122 valence electrons. The Balaban J connectivity index is 1.59. The van der Waals surface area contributed by atoms with Gasteiger partial charge in [0.1, 0.15) is 5.82 Å². The molecule has 0 saturated carbocycles. The first-order valence-electron chi connectivity index (χ1n) is 7.78. The Bertz CT molecular complexity index is 653. The monoisotopic (exact) mass is 332 g/mol. The Kier molecular flexibility index (Phi) is 4.88. The van der Waals surface area contributed by atoms with E-state index in [0.29, 0.717) is 31.7 Å². The van der Waals surface area contributed by atoms with Crippen molar-refractivity contribution in [2.45, 2.75) is 19.4 Å². The zero-order valence-corrected chi connectivity index (χ0v) is 13.9. The second kappa shape index (κ2) is 7.06. The molecule has 1 aliphatic rings. The lowest BCUT2D eigenvalue weighted by Gasteiger charge is -2.35. The summed E-state index contributed by atoms with van der Waals surface area (Å²) < 4.78 is 4.30. The third-order valence-electron chi connectivity index (χ3n) is 3.98. The molecule has 7 heteroatoms. The molecule has 0 radical (unpaired) electrons. The van der Waals surface area contributed by atoms with Crippen molar-refractivity contribution in [2.24, 2.45) is 0 Å². The van der Waals surface area contributed by atoms with E-state index in [9.17, 15) is 9.90 Å². The van der Waals surface area contributed by atoms with Crippen LogP contribution < -0.4 is 4.90 Å². The summed E-state index contributed by atoms with van der Waals surface area (Å²) in [6.45, 7) is 4.64. The number of benzene rings is 1. The molecule has 0 spiro atoms. The summed E-state index contributed by atoms with van der Waals surface area (Å²) in [5.74, 6) is 0.630. The Labute approximate surface area is 139 Å². The average molecular weight is 332 g/mol. The Morgan fingerprint density at radius 3 is 2.57 bits per heavy atom. The number of hydrogen-bond donors (Lipinski definition) is 1. The minimum absolute atomic E-state index is 0.234. The molecule has 0 aliphatic carbocycles. The highest BCUT2D eigenvalue weighted by Gasteiger charge is 2.28. The molecular formula is C16H20N4O2S. The molecule has 1 aliphatic heterocycles. The van der Waals surface area contributed by atoms with Gasteiger partial charge in [-0.2, -0.15) is 4.37 Å². The van der Waals surface area contributed by atoms with Crippen LogP contribution in [-0.2, 0) is 11.2 Å². The van der Waals surface area contributed by atoms with Gasteiger partial charge in [-0.3, -0.25) is 4.79 Å². The molecule has 0 bridgehead atoms. The van der Waals surface area contributed by atoms with E-state index < -0.39 is 6.10 Å². The second-order valence-corrected chi connectivity index (χ2v) is 6.20. The third kappa shape index (κ3) is 3.51. The molecule has 23 heavy (non-hydrogen) atoms. The number of piperazine rings is 1. The van der Waals surface area contributed by atoms with Crippen molar-refractivity contribution in [1.82, 2.24) is 14.3 Å². The maximum atomic E-state index is 12.4. The first-order chi connectivity index (χ1) is 11.2. The molecular weight excluding hydrogens is 312 g/mol. The molecule has 1 fully saturated rings. The smallest absolute Gasteiger partial charge is 0.256 e. The fraction of sp³-hybridized carbons (Fsp3) is 0.438. The number of aliphatic hydroxyl groups excluding tert-OH is 1. The molecule has 2 aromatic rings. The van der Waals surface area contributed by atoms with Crippen molar-refractivity contribution in [3.63, 3.8) is 0 Å². The maximum Gasteiger partial charge on any atom is 0.256 e. The lowest BCUT2D eigenvalue weighted by Crippen LogP contribution is -2.50. The summed E-state index contributed by atoms with van der Waals surface area (Å²) in [6, 6.07) is 9.06. The van der Waals surface area contributed by atoms with Gasteiger partial charge < -0.3 is 14.9 Å². The number of anilines is 1. The molecule has 1 N–H and O–H groups in total. The standard InChI is InChI=1S/C16H20N4O2S/c1-2-13-17-16(23-18-13)20-10-8-19(9-11-20)15(22)14(21)12-6-4-3-5-7-12/h3-7,14,21H,2,8-11H2,1H3. The predicted molar refractivity (Wildman–Crippen MR) is 89.5 cm³/mol. The Hall–Kier alpha value is -1.99. The number of nitrogens with zero attached hydrogens (tertiary/aromatic N) is 4. The second-order valence-electron chi connectivity index (χ2n) is 5.47. The molecule has 2 heterocycles. The van der Waals surface area contributed by atoms with Crippen LogP contribution in [0.3, 0.4) is 0 Å². The zero-order chi connectivity index (χ0) is 16.2. The van der Waals surface area contributed by atoms with Gasteiger partial charge in [0.05, 0.1) is 0 Å². The van der Waals surface area contributed by atoms with E-state index in [1.54, 1.807) is 17.0 Å². The third-order valence-corrected chi connectivity index (χ3v) is 4.80. The van der Waals surface area contributed by atoms with Crippen LogP contribution >= 0.6 is 11.5 Å². The van der Waals surface area contributed by atoms with Gasteiger partial charge >= 0.3 is 0 Å². The van der Waals surface area contributed by atoms with E-state index in [1.807, 2.05) is 25.1 Å². The molecule has 3 rings (SSSR count). The van der Waals surface area contributed by atoms with Crippen LogP contribution in [0.5, 0.6) is 0 Å². The van der Waals surface area contributed by atoms with E-state index in [0.717, 1.165) is 17.4 Å². The number of carbonyl (C=O) groups is 1. The number of carbonyl (C=O) groups excluding carboxylic acids is 1. The van der Waals surface area contributed by atoms with Crippen molar-refractivity contribution < 1.29 is 9.90 Å². The van der Waals surface area contributed by atoms with Crippen LogP contribution in [0.1, 0.15) is 24.4 Å². The fourth-order valence-corrected chi connectivity index (χ4v) is 3.39. The highest BCUT2D eigenvalue weighted by atomic mass is 32.1. The number of amides is 1. The van der Waals surface area contributed by atoms with Crippen LogP contribution in [0.2, 0.25) is 0 Å². The van der Waals surface area contributed by atoms with Crippen molar-refractivity contribution in [3.05, 3.63) is 41.7 Å². The predicted octanol–water partition coefficient (Wildman–Crippen LogP) is 1.48. The molecule has 1 atom stereocenters. The van der Waals surface area contributed by atoms with Crippen molar-refractivity contribution in [1.29, 1.82) is 0 Å². The van der Waals surface area contributed by atoms with Gasteiger partial charge in [-0.15, -0.1) is 0 Å². The van der Waals surface area contributed by atoms with Gasteiger partial charge in [0.15, 0.2) is 6.10 Å². The summed E-state index contributed by atoms with van der Waals surface area (Å²) >= 11 is 1.41. The molecule has 1 unspecified atom stereocenters. The summed E-state index contributed by atoms with van der Waals surface area (Å²) in [5.41, 5.74) is 0.636. The highest BCUT2D eigenvalue weighted by molar-refractivity contribution is 7.09. The quantitative estimate of drug-likeness (QED) is 0.918. The lowest BCUT2D eigenvalue weighted by atomic mass is 10.1. The highest BCUT2D eigenvalue weighted by Crippen LogP contribution is 2.21. The molecule has 1 saturated heterocycles. The van der Waals surface area contributed by atoms with Crippen LogP contribution in [0.25, 0.3) is 0 Å². The summed E-state index contributed by atoms with van der Waals surface area (Å²) in [5, 5.41) is 11.1. The van der Waals surface area contributed by atoms with Crippen molar-refractivity contribution in [2.75, 3.05) is 31.1 Å². The lowest BCUT2D eigenvalue weighted by molar-refractivity contribution is -0.140. The van der Waals surface area contributed by atoms with Crippen molar-refractivity contribution >= 4 is 22.6 Å². The number of rotatable bonds is 4. The summed E-state index contributed by atoms with van der Waals surface area (Å²) in [7, 11) is 0. The first-order valence-corrected chi connectivity index (χ1v) is 8.55. The SMILES string of the molecule is CCc1nsc(N2CCN(C(=O)C(O)c3ccccc3)CC2)n1. The minimum Gasteiger partial charge on any atom is -0.378 e. The number of aliphatic hydroxyl groups is 1. The summed E-state index contributed by atoms with van der Waals surface area (Å²) in [6.07, 6.45) is -0.255. The van der Waals surface area contributed by atoms with Crippen LogP contribution in [-0.4, -0.2) is 51.5 Å². The zero-order valence-electron chi connectivity index (χ0n) is 13.1. The largest absolute Gasteiger partial charge is 0.378 e. The normalized spacial score (nSPS) is 16.4. The van der Waals surface area contributed by atoms with Gasteiger partial charge in [0, 0.05) is 44.1 Å². The van der Waals surface area contributed by atoms with Gasteiger partial charge in [-0.1, -0.05) is 37.3 Å². The maximum absolute atomic E-state index is 12.4. The van der Waals surface area contributed by atoms with Gasteiger partial charge in [0.2, 0.25) is 5.13 Å². The van der Waals surface area contributed by atoms with E-state index in [1.165, 1.54) is 11.5 Å². The van der Waals surface area contributed by atoms with Gasteiger partial charge in [0.25, 0.3) is 5.91 Å². The number of aromatic nitrogens is 2. The molecule has 1 aromatic carbocycles. The fourth-order valence-electron chi connectivity index (χ4n) is 2.59. The molecule has 6 nitrogen and oxygen atoms in total. The van der Waals surface area contributed by atoms with E-state index in [2.05, 4.69) is 14.3 Å². The molecule has 1 amide bonds. The number of hydrogen-bond acceptors (Lipinski definition) is 6. The van der Waals surface area contributed by atoms with Crippen LogP contribution in [0.4, 0.5) is 5.13 Å². The van der Waals surface area contributed by atoms with Crippen LogP contribution in [0, 0.1) is 0 Å². The van der Waals surface area contributed by atoms with Gasteiger partial charge in [-0.25, -0.2) is 4.98 Å². The summed E-state index contributed by atoms with van der Waals surface area (Å²) in [4.78, 5) is 20.8. The van der Waals surface area contributed by atoms with Crippen LogP contribution in [0.15, 0.2) is 30.3 Å². The first kappa shape index (κ1) is 15.9. The van der Waals surface area contributed by atoms with E-state index in [-0.39, 0.29) is 5.91 Å². The molecule has 1 aromatic heterocycles. The Morgan fingerprint density at radius 1 is 1.26 bits per heavy atom. The van der Waals surface area contributed by atoms with E-state index in [4.69, 9.17) is 0 Å². The minimum atomic E-state index is -1.09. The number of aryl methyl sites for hydroxylation is 1. The van der Waals surface area contributed by atoms with Gasteiger partial charge in [-0.05, 0) is 5.56 Å².